The summed E-state index contributed by atoms with van der Waals surface area (Å²) >= 11 is 1.69. The van der Waals surface area contributed by atoms with Crippen molar-refractivity contribution in [3.63, 3.8) is 0 Å². The van der Waals surface area contributed by atoms with Crippen molar-refractivity contribution in [1.29, 1.82) is 0 Å². The minimum atomic E-state index is 0.894. The Hall–Kier alpha value is -0.450. The van der Waals surface area contributed by atoms with E-state index in [2.05, 4.69) is 29.3 Å². The molecule has 0 atom stereocenters. The molecule has 0 unspecified atom stereocenters. The van der Waals surface area contributed by atoms with Crippen molar-refractivity contribution in [3.05, 3.63) is 16.6 Å². The highest BCUT2D eigenvalue weighted by Gasteiger charge is 1.94. The van der Waals surface area contributed by atoms with E-state index in [0.717, 1.165) is 24.6 Å². The third kappa shape index (κ3) is 3.80. The van der Waals surface area contributed by atoms with E-state index in [4.69, 9.17) is 0 Å². The van der Waals surface area contributed by atoms with Crippen molar-refractivity contribution in [2.24, 2.45) is 0 Å². The lowest BCUT2D eigenvalue weighted by Crippen LogP contribution is -2.26. The topological polar surface area (TPSA) is 28.2 Å². The number of likely N-dealkylation sites (N-methyl/N-ethyl adjacent to an activating group) is 1. The van der Waals surface area contributed by atoms with Crippen LogP contribution in [0, 0.1) is 0 Å². The van der Waals surface area contributed by atoms with E-state index in [0.29, 0.717) is 0 Å². The molecule has 1 aromatic heterocycles. The van der Waals surface area contributed by atoms with Gasteiger partial charge in [-0.15, -0.1) is 11.3 Å². The van der Waals surface area contributed by atoms with Crippen LogP contribution >= 0.6 is 11.3 Å². The summed E-state index contributed by atoms with van der Waals surface area (Å²) in [6.45, 7) is 2.99. The Kier molecular flexibility index (Phi) is 4.21. The summed E-state index contributed by atoms with van der Waals surface area (Å²) in [6, 6.07) is 0. The highest BCUT2D eigenvalue weighted by Crippen LogP contribution is 2.01. The van der Waals surface area contributed by atoms with E-state index < -0.39 is 0 Å². The van der Waals surface area contributed by atoms with E-state index in [-0.39, 0.29) is 0 Å². The Labute approximate surface area is 77.4 Å². The quantitative estimate of drug-likeness (QED) is 0.688. The highest BCUT2D eigenvalue weighted by atomic mass is 32.1. The Morgan fingerprint density at radius 2 is 2.42 bits per heavy atom. The van der Waals surface area contributed by atoms with Gasteiger partial charge in [0.2, 0.25) is 0 Å². The second kappa shape index (κ2) is 5.24. The van der Waals surface area contributed by atoms with Crippen molar-refractivity contribution < 1.29 is 0 Å². The monoisotopic (exact) mass is 185 g/mol. The van der Waals surface area contributed by atoms with Gasteiger partial charge in [0.1, 0.15) is 5.01 Å². The number of nitrogens with one attached hydrogen (secondary N) is 1. The molecule has 0 saturated carbocycles. The van der Waals surface area contributed by atoms with E-state index in [1.54, 1.807) is 11.3 Å². The van der Waals surface area contributed by atoms with Crippen LogP contribution in [0.25, 0.3) is 0 Å². The molecule has 0 aromatic carbocycles. The highest BCUT2D eigenvalue weighted by molar-refractivity contribution is 7.09. The molecule has 0 aliphatic carbocycles. The molecule has 0 amide bonds. The molecule has 0 fully saturated rings. The van der Waals surface area contributed by atoms with Gasteiger partial charge < -0.3 is 10.2 Å². The molecule has 0 saturated heterocycles. The van der Waals surface area contributed by atoms with Crippen LogP contribution in [0.15, 0.2) is 11.6 Å². The molecule has 3 nitrogen and oxygen atoms in total. The largest absolute Gasteiger partial charge is 0.309 e. The van der Waals surface area contributed by atoms with Crippen LogP contribution < -0.4 is 5.32 Å². The molecule has 1 heterocycles. The van der Waals surface area contributed by atoms with Gasteiger partial charge in [-0.25, -0.2) is 4.98 Å². The van der Waals surface area contributed by atoms with Crippen molar-refractivity contribution in [3.8, 4) is 0 Å². The maximum Gasteiger partial charge on any atom is 0.106 e. The van der Waals surface area contributed by atoms with E-state index >= 15 is 0 Å². The lowest BCUT2D eigenvalue weighted by molar-refractivity contribution is 0.400. The zero-order valence-corrected chi connectivity index (χ0v) is 8.40. The zero-order chi connectivity index (χ0) is 8.81. The lowest BCUT2D eigenvalue weighted by atomic mass is 10.5. The van der Waals surface area contributed by atoms with Gasteiger partial charge >= 0.3 is 0 Å². The first kappa shape index (κ1) is 9.64. The van der Waals surface area contributed by atoms with Gasteiger partial charge in [-0.05, 0) is 14.1 Å². The minimum Gasteiger partial charge on any atom is -0.309 e. The van der Waals surface area contributed by atoms with Gasteiger partial charge in [0, 0.05) is 31.2 Å². The number of rotatable bonds is 5. The molecule has 0 aliphatic rings. The van der Waals surface area contributed by atoms with Crippen LogP contribution in [0.1, 0.15) is 5.01 Å². The molecule has 12 heavy (non-hydrogen) atoms. The van der Waals surface area contributed by atoms with Gasteiger partial charge in [-0.3, -0.25) is 0 Å². The van der Waals surface area contributed by atoms with Crippen LogP contribution in [0.2, 0.25) is 0 Å². The number of hydrogen-bond donors (Lipinski definition) is 1. The summed E-state index contributed by atoms with van der Waals surface area (Å²) in [4.78, 5) is 6.34. The van der Waals surface area contributed by atoms with Crippen LogP contribution in [-0.4, -0.2) is 37.1 Å². The summed E-state index contributed by atoms with van der Waals surface area (Å²) in [5.74, 6) is 0. The smallest absolute Gasteiger partial charge is 0.106 e. The summed E-state index contributed by atoms with van der Waals surface area (Å²) in [6.07, 6.45) is 1.84. The predicted octanol–water partition coefficient (Wildman–Crippen LogP) is 0.794. The third-order valence-corrected chi connectivity index (χ3v) is 2.28. The zero-order valence-electron chi connectivity index (χ0n) is 7.58. The number of aromatic nitrogens is 1. The van der Waals surface area contributed by atoms with Crippen molar-refractivity contribution in [2.75, 3.05) is 27.2 Å². The first-order chi connectivity index (χ1) is 5.79. The maximum absolute atomic E-state index is 4.18. The van der Waals surface area contributed by atoms with Crippen LogP contribution in [0.3, 0.4) is 0 Å². The molecule has 1 N–H and O–H groups in total. The molecule has 1 aromatic rings. The molecular weight excluding hydrogens is 170 g/mol. The average Bonchev–Trinajstić information content (AvgIpc) is 2.49. The fourth-order valence-corrected chi connectivity index (χ4v) is 1.42. The van der Waals surface area contributed by atoms with Crippen molar-refractivity contribution in [2.45, 2.75) is 6.54 Å². The van der Waals surface area contributed by atoms with Crippen LogP contribution in [-0.2, 0) is 6.54 Å². The van der Waals surface area contributed by atoms with Crippen LogP contribution in [0.5, 0.6) is 0 Å². The Morgan fingerprint density at radius 3 is 3.00 bits per heavy atom. The molecule has 68 valence electrons. The molecule has 0 bridgehead atoms. The van der Waals surface area contributed by atoms with Gasteiger partial charge in [0.05, 0.1) is 0 Å². The molecular formula is C8H15N3S. The van der Waals surface area contributed by atoms with Gasteiger partial charge in [-0.1, -0.05) is 0 Å². The van der Waals surface area contributed by atoms with E-state index in [9.17, 15) is 0 Å². The molecule has 0 aliphatic heterocycles. The van der Waals surface area contributed by atoms with E-state index in [1.807, 2.05) is 11.6 Å². The summed E-state index contributed by atoms with van der Waals surface area (Å²) in [5, 5.41) is 6.49. The van der Waals surface area contributed by atoms with Crippen LogP contribution in [0.4, 0.5) is 0 Å². The number of hydrogen-bond acceptors (Lipinski definition) is 4. The maximum atomic E-state index is 4.18. The summed E-state index contributed by atoms with van der Waals surface area (Å²) in [5.41, 5.74) is 0. The Morgan fingerprint density at radius 1 is 1.58 bits per heavy atom. The van der Waals surface area contributed by atoms with Gasteiger partial charge in [-0.2, -0.15) is 0 Å². The molecule has 0 spiro atoms. The minimum absolute atomic E-state index is 0.894. The van der Waals surface area contributed by atoms with Gasteiger partial charge in [0.15, 0.2) is 0 Å². The second-order valence-electron chi connectivity index (χ2n) is 2.91. The standard InChI is InChI=1S/C8H15N3S/c1-11(2)5-3-9-7-8-10-4-6-12-8/h4,6,9H,3,5,7H2,1-2H3. The third-order valence-electron chi connectivity index (χ3n) is 1.50. The average molecular weight is 185 g/mol. The molecule has 1 rings (SSSR count). The van der Waals surface area contributed by atoms with E-state index in [1.165, 1.54) is 0 Å². The first-order valence-electron chi connectivity index (χ1n) is 4.03. The lowest BCUT2D eigenvalue weighted by Gasteiger charge is -2.08. The number of thiazole rings is 1. The second-order valence-corrected chi connectivity index (χ2v) is 3.89. The Balaban J connectivity index is 2.04. The Bertz CT molecular complexity index is 196. The molecule has 4 heteroatoms. The number of nitrogens with zero attached hydrogens (tertiary/aromatic N) is 2. The summed E-state index contributed by atoms with van der Waals surface area (Å²) < 4.78 is 0. The first-order valence-corrected chi connectivity index (χ1v) is 4.91. The fraction of sp³-hybridized carbons (Fsp3) is 0.625. The fourth-order valence-electron chi connectivity index (χ4n) is 0.838. The normalized spacial score (nSPS) is 10.9. The van der Waals surface area contributed by atoms with Gasteiger partial charge in [0.25, 0.3) is 0 Å². The molecule has 0 radical (unpaired) electrons. The SMILES string of the molecule is CN(C)CCNCc1nccs1. The summed E-state index contributed by atoms with van der Waals surface area (Å²) in [7, 11) is 4.15. The van der Waals surface area contributed by atoms with Crippen molar-refractivity contribution >= 4 is 11.3 Å². The van der Waals surface area contributed by atoms with Crippen molar-refractivity contribution in [1.82, 2.24) is 15.2 Å². The predicted molar refractivity (Wildman–Crippen MR) is 52.4 cm³/mol.